The first kappa shape index (κ1) is 32.2. The van der Waals surface area contributed by atoms with Gasteiger partial charge in [0, 0.05) is 21.3 Å². The Kier molecular flexibility index (Phi) is 8.23. The maximum absolute atomic E-state index is 11.4. The summed E-state index contributed by atoms with van der Waals surface area (Å²) >= 11 is 1.83. The fraction of sp³-hybridized carbons (Fsp3) is 0.250. The fourth-order valence-electron chi connectivity index (χ4n) is 6.36. The molecule has 234 valence electrons. The second-order valence-electron chi connectivity index (χ2n) is 14.2. The number of rotatable bonds is 4. The Morgan fingerprint density at radius 3 is 2.35 bits per heavy atom. The Bertz CT molecular complexity index is 2250. The van der Waals surface area contributed by atoms with Crippen LogP contribution >= 0.6 is 11.3 Å². The van der Waals surface area contributed by atoms with Gasteiger partial charge in [0.1, 0.15) is 11.4 Å². The first-order chi connectivity index (χ1) is 21.4. The summed E-state index contributed by atoms with van der Waals surface area (Å²) in [6, 6.07) is 30.7. The molecular formula is C40H38N3OPtS+. The quantitative estimate of drug-likeness (QED) is 0.142. The molecule has 0 aliphatic carbocycles. The molecule has 7 aromatic rings. The number of para-hydroxylation sites is 3. The summed E-state index contributed by atoms with van der Waals surface area (Å²) in [6.07, 6.45) is 6.50. The van der Waals surface area contributed by atoms with E-state index < -0.39 is 0 Å². The largest absolute Gasteiger partial charge is 2.00 e. The molecular weight excluding hydrogens is 766 g/mol. The van der Waals surface area contributed by atoms with E-state index in [1.54, 1.807) is 0 Å². The smallest absolute Gasteiger partial charge is 0.511 e. The topological polar surface area (TPSA) is 41.9 Å². The number of aromatic nitrogens is 3. The molecule has 4 aromatic carbocycles. The van der Waals surface area contributed by atoms with Crippen molar-refractivity contribution in [3.05, 3.63) is 114 Å². The molecule has 7 rings (SSSR count). The molecule has 0 atom stereocenters. The van der Waals surface area contributed by atoms with E-state index in [-0.39, 0.29) is 37.6 Å². The summed E-state index contributed by atoms with van der Waals surface area (Å²) in [4.78, 5) is 4.90. The maximum atomic E-state index is 11.4. The van der Waals surface area contributed by atoms with Crippen LogP contribution in [0.4, 0.5) is 0 Å². The molecule has 3 heterocycles. The Morgan fingerprint density at radius 2 is 1.59 bits per heavy atom. The van der Waals surface area contributed by atoms with Gasteiger partial charge in [-0.1, -0.05) is 90.1 Å². The minimum atomic E-state index is -0.200. The van der Waals surface area contributed by atoms with Gasteiger partial charge >= 0.3 is 21.1 Å². The van der Waals surface area contributed by atoms with Gasteiger partial charge in [-0.3, -0.25) is 4.57 Å². The first-order valence-corrected chi connectivity index (χ1v) is 16.3. The van der Waals surface area contributed by atoms with Gasteiger partial charge in [-0.25, -0.2) is 0 Å². The number of hydrogen-bond donors (Lipinski definition) is 1. The van der Waals surface area contributed by atoms with E-state index in [1.807, 2.05) is 57.0 Å². The predicted molar refractivity (Wildman–Crippen MR) is 187 cm³/mol. The summed E-state index contributed by atoms with van der Waals surface area (Å²) in [5.74, 6) is 0.272. The van der Waals surface area contributed by atoms with Crippen molar-refractivity contribution in [2.75, 3.05) is 0 Å². The normalized spacial score (nSPS) is 12.2. The van der Waals surface area contributed by atoms with Gasteiger partial charge in [0.15, 0.2) is 0 Å². The standard InChI is InChI=1S/C40H38N3OS.Pt/c1-25-27(23-39(2,3)4)18-19-29-30-20-21-41-35(38(30)45-37(25)29)26-12-10-13-28(22-26)42-24-43(33-16-9-8-15-32(33)42)34-17-11-14-31(36(34)44)40(5,6)7;/h8-21,44H,23H2,1-7H3;/q-1;+2. The zero-order chi connectivity index (χ0) is 31.7. The molecule has 1 N–H and O–H groups in total. The third-order valence-corrected chi connectivity index (χ3v) is 9.89. The summed E-state index contributed by atoms with van der Waals surface area (Å²) < 4.78 is 6.48. The van der Waals surface area contributed by atoms with Crippen LogP contribution in [-0.2, 0) is 32.9 Å². The Hall–Kier alpha value is -3.79. The minimum absolute atomic E-state index is 0. The van der Waals surface area contributed by atoms with Gasteiger partial charge in [-0.2, -0.15) is 0 Å². The van der Waals surface area contributed by atoms with Gasteiger partial charge < -0.3 is 14.7 Å². The molecule has 0 unspecified atom stereocenters. The van der Waals surface area contributed by atoms with E-state index in [4.69, 9.17) is 4.98 Å². The molecule has 0 fully saturated rings. The molecule has 0 radical (unpaired) electrons. The first-order valence-electron chi connectivity index (χ1n) is 15.5. The summed E-state index contributed by atoms with van der Waals surface area (Å²) in [5.41, 5.74) is 9.05. The fourth-order valence-corrected chi connectivity index (χ4v) is 7.68. The van der Waals surface area contributed by atoms with Crippen LogP contribution in [0, 0.1) is 24.7 Å². The van der Waals surface area contributed by atoms with E-state index in [2.05, 4.69) is 109 Å². The second-order valence-corrected chi connectivity index (χ2v) is 15.3. The van der Waals surface area contributed by atoms with E-state index in [9.17, 15) is 5.11 Å². The molecule has 46 heavy (non-hydrogen) atoms. The number of phenolic OH excluding ortho intramolecular Hbond substituents is 1. The SMILES string of the molecule is Cc1c(CC(C)(C)C)ccc2c1sc1c(-c3[c-]c(-[n+]4[c-]n(-c5cccc(C(C)(C)C)c5O)c5ccccc54)ccc3)nccc12.[Pt+2]. The molecule has 0 aliphatic heterocycles. The number of phenols is 1. The summed E-state index contributed by atoms with van der Waals surface area (Å²) in [6.45, 7) is 15.5. The van der Waals surface area contributed by atoms with Crippen LogP contribution < -0.4 is 4.57 Å². The Balaban J connectivity index is 0.00000372. The van der Waals surface area contributed by atoms with Gasteiger partial charge in [-0.05, 0) is 69.5 Å². The van der Waals surface area contributed by atoms with Gasteiger partial charge in [0.25, 0.3) is 6.33 Å². The second kappa shape index (κ2) is 11.8. The maximum Gasteiger partial charge on any atom is 2.00 e. The molecule has 4 nitrogen and oxygen atoms in total. The average molecular weight is 804 g/mol. The van der Waals surface area contributed by atoms with Crippen molar-refractivity contribution in [3.8, 4) is 28.4 Å². The van der Waals surface area contributed by atoms with Gasteiger partial charge in [0.2, 0.25) is 0 Å². The average Bonchev–Trinajstić information content (AvgIpc) is 3.57. The van der Waals surface area contributed by atoms with Gasteiger partial charge in [0.05, 0.1) is 11.0 Å². The van der Waals surface area contributed by atoms with Crippen LogP contribution in [0.1, 0.15) is 58.2 Å². The van der Waals surface area contributed by atoms with Crippen LogP contribution in [0.2, 0.25) is 0 Å². The molecule has 3 aromatic heterocycles. The predicted octanol–water partition coefficient (Wildman–Crippen LogP) is 9.84. The summed E-state index contributed by atoms with van der Waals surface area (Å²) in [5, 5.41) is 13.9. The molecule has 0 bridgehead atoms. The number of fused-ring (bicyclic) bond motifs is 4. The molecule has 6 heteroatoms. The monoisotopic (exact) mass is 803 g/mol. The van der Waals surface area contributed by atoms with Crippen molar-refractivity contribution in [1.82, 2.24) is 9.55 Å². The molecule has 0 aliphatic rings. The Labute approximate surface area is 289 Å². The molecule has 0 spiro atoms. The van der Waals surface area contributed by atoms with Crippen molar-refractivity contribution in [1.29, 1.82) is 0 Å². The van der Waals surface area contributed by atoms with Crippen LogP contribution in [0.3, 0.4) is 0 Å². The zero-order valence-electron chi connectivity index (χ0n) is 27.3. The van der Waals surface area contributed by atoms with Crippen molar-refractivity contribution in [2.24, 2.45) is 5.41 Å². The third-order valence-electron chi connectivity index (χ3n) is 8.54. The Morgan fingerprint density at radius 1 is 0.848 bits per heavy atom. The number of aromatic hydroxyl groups is 1. The number of imidazole rings is 1. The zero-order valence-corrected chi connectivity index (χ0v) is 30.4. The molecule has 0 amide bonds. The van der Waals surface area contributed by atoms with Gasteiger partial charge in [-0.15, -0.1) is 41.2 Å². The van der Waals surface area contributed by atoms with Crippen molar-refractivity contribution in [2.45, 2.75) is 60.3 Å². The van der Waals surface area contributed by atoms with Crippen molar-refractivity contribution >= 4 is 42.5 Å². The van der Waals surface area contributed by atoms with Crippen molar-refractivity contribution in [3.63, 3.8) is 0 Å². The van der Waals surface area contributed by atoms with Crippen LogP contribution in [0.5, 0.6) is 5.75 Å². The van der Waals surface area contributed by atoms with Crippen LogP contribution in [0.25, 0.3) is 53.8 Å². The molecule has 0 saturated heterocycles. The van der Waals surface area contributed by atoms with E-state index >= 15 is 0 Å². The van der Waals surface area contributed by atoms with Crippen molar-refractivity contribution < 1.29 is 30.7 Å². The number of pyridine rings is 1. The number of hydrogen-bond acceptors (Lipinski definition) is 3. The minimum Gasteiger partial charge on any atom is -0.511 e. The third kappa shape index (κ3) is 5.58. The van der Waals surface area contributed by atoms with Crippen LogP contribution in [-0.4, -0.2) is 14.7 Å². The number of aryl methyl sites for hydroxylation is 1. The summed E-state index contributed by atoms with van der Waals surface area (Å²) in [7, 11) is 0. The molecule has 0 saturated carbocycles. The number of nitrogens with zero attached hydrogens (tertiary/aromatic N) is 3. The van der Waals surface area contributed by atoms with Crippen LogP contribution in [0.15, 0.2) is 85.1 Å². The van der Waals surface area contributed by atoms with E-state index in [0.717, 1.165) is 40.0 Å². The van der Waals surface area contributed by atoms with E-state index in [0.29, 0.717) is 5.69 Å². The number of benzene rings is 4. The van der Waals surface area contributed by atoms with E-state index in [1.165, 1.54) is 31.3 Å². The number of thiophene rings is 1.